The van der Waals surface area contributed by atoms with Crippen LogP contribution in [0, 0.1) is 0 Å². The van der Waals surface area contributed by atoms with Crippen LogP contribution in [0.15, 0.2) is 24.3 Å². The summed E-state index contributed by atoms with van der Waals surface area (Å²) in [4.78, 5) is 23.2. The second-order valence-corrected chi connectivity index (χ2v) is 13.1. The topological polar surface area (TPSA) is 63.6 Å². The highest BCUT2D eigenvalue weighted by molar-refractivity contribution is 5.69. The molecule has 258 valence electrons. The van der Waals surface area contributed by atoms with Crippen LogP contribution in [0.1, 0.15) is 213 Å². The first-order valence-corrected chi connectivity index (χ1v) is 19.3. The molecule has 0 saturated heterocycles. The van der Waals surface area contributed by atoms with Gasteiger partial charge < -0.3 is 9.84 Å². The first-order chi connectivity index (χ1) is 21.6. The Kier molecular flexibility index (Phi) is 34.6. The van der Waals surface area contributed by atoms with Gasteiger partial charge in [-0.2, -0.15) is 0 Å². The fourth-order valence-electron chi connectivity index (χ4n) is 5.80. The zero-order chi connectivity index (χ0) is 32.2. The van der Waals surface area contributed by atoms with Gasteiger partial charge in [0.15, 0.2) is 0 Å². The number of carboxylic acids is 1. The van der Waals surface area contributed by atoms with Crippen molar-refractivity contribution in [2.24, 2.45) is 0 Å². The number of carboxylic acid groups (broad SMARTS) is 1. The molecule has 0 aromatic heterocycles. The minimum Gasteiger partial charge on any atom is -0.481 e. The van der Waals surface area contributed by atoms with Crippen LogP contribution in [0.2, 0.25) is 0 Å². The van der Waals surface area contributed by atoms with E-state index >= 15 is 0 Å². The van der Waals surface area contributed by atoms with Gasteiger partial charge in [0.1, 0.15) is 6.10 Å². The number of hydrogen-bond acceptors (Lipinski definition) is 3. The SMILES string of the molecule is CCCCC/C=C\C/C=C\CCCCCCCCCCCC(=O)OC(CCCCCCC)CCCCCCCCCC(=O)O. The molecule has 0 aromatic rings. The van der Waals surface area contributed by atoms with Gasteiger partial charge in [-0.25, -0.2) is 0 Å². The summed E-state index contributed by atoms with van der Waals surface area (Å²) in [6.07, 6.45) is 45.0. The van der Waals surface area contributed by atoms with Crippen molar-refractivity contribution in [3.05, 3.63) is 24.3 Å². The smallest absolute Gasteiger partial charge is 0.306 e. The van der Waals surface area contributed by atoms with Gasteiger partial charge in [0.25, 0.3) is 0 Å². The molecule has 1 atom stereocenters. The Morgan fingerprint density at radius 1 is 0.500 bits per heavy atom. The van der Waals surface area contributed by atoms with Gasteiger partial charge >= 0.3 is 11.9 Å². The second-order valence-electron chi connectivity index (χ2n) is 13.1. The maximum Gasteiger partial charge on any atom is 0.306 e. The van der Waals surface area contributed by atoms with Crippen molar-refractivity contribution in [1.82, 2.24) is 0 Å². The minimum atomic E-state index is -0.687. The van der Waals surface area contributed by atoms with Crippen molar-refractivity contribution in [2.75, 3.05) is 0 Å². The Morgan fingerprint density at radius 3 is 1.39 bits per heavy atom. The molecule has 44 heavy (non-hydrogen) atoms. The van der Waals surface area contributed by atoms with E-state index in [4.69, 9.17) is 9.84 Å². The van der Waals surface area contributed by atoms with Crippen molar-refractivity contribution in [2.45, 2.75) is 219 Å². The molecule has 1 N–H and O–H groups in total. The Labute approximate surface area is 274 Å². The summed E-state index contributed by atoms with van der Waals surface area (Å²) < 4.78 is 5.97. The molecule has 0 amide bonds. The summed E-state index contributed by atoms with van der Waals surface area (Å²) in [5.41, 5.74) is 0. The zero-order valence-corrected chi connectivity index (χ0v) is 29.5. The lowest BCUT2D eigenvalue weighted by Gasteiger charge is -2.18. The lowest BCUT2D eigenvalue weighted by atomic mass is 10.0. The van der Waals surface area contributed by atoms with E-state index in [-0.39, 0.29) is 12.1 Å². The molecule has 4 heteroatoms. The van der Waals surface area contributed by atoms with Crippen LogP contribution in [0.25, 0.3) is 0 Å². The molecule has 0 saturated carbocycles. The molecule has 1 unspecified atom stereocenters. The molecule has 0 spiro atoms. The maximum atomic E-state index is 12.6. The quantitative estimate of drug-likeness (QED) is 0.0436. The van der Waals surface area contributed by atoms with Crippen LogP contribution >= 0.6 is 0 Å². The summed E-state index contributed by atoms with van der Waals surface area (Å²) in [5, 5.41) is 8.73. The Bertz CT molecular complexity index is 668. The molecule has 0 rings (SSSR count). The van der Waals surface area contributed by atoms with E-state index in [0.29, 0.717) is 12.8 Å². The van der Waals surface area contributed by atoms with E-state index in [1.165, 1.54) is 122 Å². The van der Waals surface area contributed by atoms with Gasteiger partial charge in [-0.05, 0) is 70.6 Å². The van der Waals surface area contributed by atoms with E-state index < -0.39 is 5.97 Å². The van der Waals surface area contributed by atoms with Gasteiger partial charge in [0.05, 0.1) is 0 Å². The normalized spacial score (nSPS) is 12.4. The summed E-state index contributed by atoms with van der Waals surface area (Å²) in [5.74, 6) is -0.674. The highest BCUT2D eigenvalue weighted by Gasteiger charge is 2.14. The standard InChI is InChI=1S/C40H74O4/c1-3-5-7-9-10-11-12-13-14-15-16-17-18-19-20-21-25-29-33-37-40(43)44-38(34-30-26-8-6-4-2)35-31-27-23-22-24-28-32-36-39(41)42/h10-11,13-14,38H,3-9,12,15-37H2,1-2H3,(H,41,42)/b11-10-,14-13-. The predicted molar refractivity (Wildman–Crippen MR) is 190 cm³/mol. The minimum absolute atomic E-state index is 0.0130. The van der Waals surface area contributed by atoms with Gasteiger partial charge in [-0.3, -0.25) is 9.59 Å². The number of aliphatic carboxylic acids is 1. The number of ether oxygens (including phenoxy) is 1. The fraction of sp³-hybridized carbons (Fsp3) is 0.850. The fourth-order valence-corrected chi connectivity index (χ4v) is 5.80. The third-order valence-electron chi connectivity index (χ3n) is 8.68. The molecule has 0 aliphatic heterocycles. The highest BCUT2D eigenvalue weighted by atomic mass is 16.5. The van der Waals surface area contributed by atoms with Crippen LogP contribution in [-0.2, 0) is 14.3 Å². The number of esters is 1. The lowest BCUT2D eigenvalue weighted by molar-refractivity contribution is -0.150. The van der Waals surface area contributed by atoms with Gasteiger partial charge in [-0.1, -0.05) is 154 Å². The van der Waals surface area contributed by atoms with Gasteiger partial charge in [-0.15, -0.1) is 0 Å². The van der Waals surface area contributed by atoms with E-state index in [1.54, 1.807) is 0 Å². The number of carbonyl (C=O) groups is 2. The van der Waals surface area contributed by atoms with Gasteiger partial charge in [0.2, 0.25) is 0 Å². The number of allylic oxidation sites excluding steroid dienone is 4. The third-order valence-corrected chi connectivity index (χ3v) is 8.68. The van der Waals surface area contributed by atoms with E-state index in [1.807, 2.05) is 0 Å². The van der Waals surface area contributed by atoms with Gasteiger partial charge in [0, 0.05) is 12.8 Å². The van der Waals surface area contributed by atoms with Crippen LogP contribution in [0.4, 0.5) is 0 Å². The molecule has 0 radical (unpaired) electrons. The lowest BCUT2D eigenvalue weighted by Crippen LogP contribution is -2.18. The Morgan fingerprint density at radius 2 is 0.886 bits per heavy atom. The van der Waals surface area contributed by atoms with Crippen molar-refractivity contribution in [3.63, 3.8) is 0 Å². The third kappa shape index (κ3) is 34.9. The van der Waals surface area contributed by atoms with Crippen LogP contribution in [0.3, 0.4) is 0 Å². The summed E-state index contributed by atoms with van der Waals surface area (Å²) in [6.45, 7) is 4.50. The summed E-state index contributed by atoms with van der Waals surface area (Å²) in [7, 11) is 0. The maximum absolute atomic E-state index is 12.6. The molecule has 0 fully saturated rings. The van der Waals surface area contributed by atoms with Crippen molar-refractivity contribution in [3.8, 4) is 0 Å². The molecule has 0 bridgehead atoms. The molecule has 0 aliphatic rings. The van der Waals surface area contributed by atoms with Crippen molar-refractivity contribution < 1.29 is 19.4 Å². The molecule has 0 aliphatic carbocycles. The van der Waals surface area contributed by atoms with Crippen LogP contribution < -0.4 is 0 Å². The molecular formula is C40H74O4. The molecule has 4 nitrogen and oxygen atoms in total. The van der Waals surface area contributed by atoms with E-state index in [0.717, 1.165) is 64.2 Å². The predicted octanol–water partition coefficient (Wildman–Crippen LogP) is 13.2. The van der Waals surface area contributed by atoms with Crippen molar-refractivity contribution in [1.29, 1.82) is 0 Å². The Balaban J connectivity index is 3.81. The average Bonchev–Trinajstić information content (AvgIpc) is 3.00. The van der Waals surface area contributed by atoms with E-state index in [9.17, 15) is 9.59 Å². The number of carbonyl (C=O) groups excluding carboxylic acids is 1. The largest absolute Gasteiger partial charge is 0.481 e. The summed E-state index contributed by atoms with van der Waals surface area (Å²) in [6, 6.07) is 0. The van der Waals surface area contributed by atoms with Crippen molar-refractivity contribution >= 4 is 11.9 Å². The molecular weight excluding hydrogens is 544 g/mol. The summed E-state index contributed by atoms with van der Waals surface area (Å²) >= 11 is 0. The van der Waals surface area contributed by atoms with Crippen LogP contribution in [-0.4, -0.2) is 23.1 Å². The number of rotatable bonds is 35. The molecule has 0 aromatic carbocycles. The first-order valence-electron chi connectivity index (χ1n) is 19.3. The monoisotopic (exact) mass is 619 g/mol. The Hall–Kier alpha value is -1.58. The number of unbranched alkanes of at least 4 members (excludes halogenated alkanes) is 22. The number of hydrogen-bond donors (Lipinski definition) is 1. The van der Waals surface area contributed by atoms with Crippen LogP contribution in [0.5, 0.6) is 0 Å². The zero-order valence-electron chi connectivity index (χ0n) is 29.5. The highest BCUT2D eigenvalue weighted by Crippen LogP contribution is 2.19. The molecule has 0 heterocycles. The second kappa shape index (κ2) is 35.9. The van der Waals surface area contributed by atoms with E-state index in [2.05, 4.69) is 38.2 Å². The average molecular weight is 619 g/mol. The first kappa shape index (κ1) is 42.4.